The lowest BCUT2D eigenvalue weighted by atomic mass is 10.3. The summed E-state index contributed by atoms with van der Waals surface area (Å²) in [5.41, 5.74) is 0.00943. The molecule has 1 saturated heterocycles. The summed E-state index contributed by atoms with van der Waals surface area (Å²) in [5, 5.41) is 8.89. The molecule has 98 valence electrons. The van der Waals surface area contributed by atoms with Gasteiger partial charge in [0.25, 0.3) is 5.56 Å². The number of carboxylic acid groups (broad SMARTS) is 1. The van der Waals surface area contributed by atoms with Crippen LogP contribution in [0, 0.1) is 0 Å². The molecule has 1 aromatic rings. The lowest BCUT2D eigenvalue weighted by molar-refractivity contribution is 0.0695. The van der Waals surface area contributed by atoms with E-state index in [1.165, 1.54) is 22.9 Å². The zero-order chi connectivity index (χ0) is 13.0. The van der Waals surface area contributed by atoms with E-state index in [1.54, 1.807) is 0 Å². The number of hydrogen-bond donors (Lipinski definition) is 1. The molecule has 0 saturated carbocycles. The fraction of sp³-hybridized carbons (Fsp3) is 0.500. The number of aromatic carboxylic acids is 1. The van der Waals surface area contributed by atoms with Gasteiger partial charge in [0.05, 0.1) is 5.56 Å². The smallest absolute Gasteiger partial charge is 0.337 e. The first-order valence-corrected chi connectivity index (χ1v) is 7.06. The van der Waals surface area contributed by atoms with E-state index < -0.39 is 5.97 Å². The maximum atomic E-state index is 11.6. The molecule has 0 amide bonds. The summed E-state index contributed by atoms with van der Waals surface area (Å²) >= 11 is 1.94. The van der Waals surface area contributed by atoms with Crippen molar-refractivity contribution in [3.8, 4) is 0 Å². The molecule has 0 bridgehead atoms. The van der Waals surface area contributed by atoms with Crippen LogP contribution in [0.5, 0.6) is 0 Å². The van der Waals surface area contributed by atoms with E-state index in [0.717, 1.165) is 31.1 Å². The molecular weight excluding hydrogens is 252 g/mol. The zero-order valence-electron chi connectivity index (χ0n) is 10.0. The maximum absolute atomic E-state index is 11.6. The third-order valence-corrected chi connectivity index (χ3v) is 3.93. The van der Waals surface area contributed by atoms with E-state index >= 15 is 0 Å². The lowest BCUT2D eigenvalue weighted by Gasteiger charge is -2.26. The largest absolute Gasteiger partial charge is 0.478 e. The molecule has 2 heterocycles. The molecule has 0 aliphatic carbocycles. The number of aromatic nitrogens is 1. The van der Waals surface area contributed by atoms with Gasteiger partial charge in [0.1, 0.15) is 0 Å². The SMILES string of the molecule is O=C(O)c1ccc(=O)n(CCN2CCSCC2)c1. The van der Waals surface area contributed by atoms with Gasteiger partial charge >= 0.3 is 5.97 Å². The molecule has 1 fully saturated rings. The maximum Gasteiger partial charge on any atom is 0.337 e. The molecule has 0 unspecified atom stereocenters. The summed E-state index contributed by atoms with van der Waals surface area (Å²) < 4.78 is 1.48. The fourth-order valence-corrected chi connectivity index (χ4v) is 2.89. The molecule has 0 spiro atoms. The summed E-state index contributed by atoms with van der Waals surface area (Å²) in [4.78, 5) is 24.8. The highest BCUT2D eigenvalue weighted by molar-refractivity contribution is 7.99. The Bertz CT molecular complexity index is 480. The predicted molar refractivity (Wildman–Crippen MR) is 71.4 cm³/mol. The van der Waals surface area contributed by atoms with Crippen molar-refractivity contribution in [2.24, 2.45) is 0 Å². The molecular formula is C12H16N2O3S. The quantitative estimate of drug-likeness (QED) is 0.866. The van der Waals surface area contributed by atoms with Gasteiger partial charge in [-0.1, -0.05) is 0 Å². The Balaban J connectivity index is 2.01. The van der Waals surface area contributed by atoms with Crippen molar-refractivity contribution in [1.29, 1.82) is 0 Å². The lowest BCUT2D eigenvalue weighted by Crippen LogP contribution is -2.36. The Morgan fingerprint density at radius 2 is 2.00 bits per heavy atom. The van der Waals surface area contributed by atoms with Crippen LogP contribution in [0.25, 0.3) is 0 Å². The molecule has 1 aliphatic rings. The van der Waals surface area contributed by atoms with Crippen LogP contribution in [0.3, 0.4) is 0 Å². The number of carboxylic acids is 1. The molecule has 1 N–H and O–H groups in total. The molecule has 18 heavy (non-hydrogen) atoms. The van der Waals surface area contributed by atoms with Gasteiger partial charge in [0.2, 0.25) is 0 Å². The van der Waals surface area contributed by atoms with Crippen molar-refractivity contribution in [1.82, 2.24) is 9.47 Å². The van der Waals surface area contributed by atoms with E-state index in [-0.39, 0.29) is 11.1 Å². The van der Waals surface area contributed by atoms with Crippen LogP contribution >= 0.6 is 11.8 Å². The Hall–Kier alpha value is -1.27. The van der Waals surface area contributed by atoms with Crippen LogP contribution < -0.4 is 5.56 Å². The van der Waals surface area contributed by atoms with Gasteiger partial charge in [-0.2, -0.15) is 11.8 Å². The standard InChI is InChI=1S/C12H16N2O3S/c15-11-2-1-10(12(16)17)9-14(11)4-3-13-5-7-18-8-6-13/h1-2,9H,3-8H2,(H,16,17). The highest BCUT2D eigenvalue weighted by Crippen LogP contribution is 2.08. The summed E-state index contributed by atoms with van der Waals surface area (Å²) in [6.07, 6.45) is 1.42. The van der Waals surface area contributed by atoms with Crippen LogP contribution in [-0.2, 0) is 6.54 Å². The second kappa shape index (κ2) is 6.06. The zero-order valence-corrected chi connectivity index (χ0v) is 10.9. The summed E-state index contributed by atoms with van der Waals surface area (Å²) in [7, 11) is 0. The van der Waals surface area contributed by atoms with Crippen LogP contribution in [0.15, 0.2) is 23.1 Å². The van der Waals surface area contributed by atoms with Crippen LogP contribution in [-0.4, -0.2) is 51.7 Å². The average molecular weight is 268 g/mol. The Morgan fingerprint density at radius 3 is 2.67 bits per heavy atom. The number of rotatable bonds is 4. The third-order valence-electron chi connectivity index (χ3n) is 2.99. The monoisotopic (exact) mass is 268 g/mol. The summed E-state index contributed by atoms with van der Waals surface area (Å²) in [5.74, 6) is 1.26. The van der Waals surface area contributed by atoms with Gasteiger partial charge in [-0.15, -0.1) is 0 Å². The average Bonchev–Trinajstić information content (AvgIpc) is 2.38. The van der Waals surface area contributed by atoms with Crippen molar-refractivity contribution in [3.63, 3.8) is 0 Å². The van der Waals surface area contributed by atoms with E-state index in [2.05, 4.69) is 4.90 Å². The molecule has 1 aliphatic heterocycles. The second-order valence-corrected chi connectivity index (χ2v) is 5.43. The van der Waals surface area contributed by atoms with Crippen molar-refractivity contribution in [3.05, 3.63) is 34.2 Å². The van der Waals surface area contributed by atoms with Gasteiger partial charge in [0, 0.05) is 49.9 Å². The van der Waals surface area contributed by atoms with E-state index in [4.69, 9.17) is 5.11 Å². The minimum Gasteiger partial charge on any atom is -0.478 e. The molecule has 6 heteroatoms. The van der Waals surface area contributed by atoms with Crippen molar-refractivity contribution in [2.75, 3.05) is 31.1 Å². The highest BCUT2D eigenvalue weighted by Gasteiger charge is 2.11. The number of pyridine rings is 1. The molecule has 2 rings (SSSR count). The van der Waals surface area contributed by atoms with Gasteiger partial charge in [0.15, 0.2) is 0 Å². The van der Waals surface area contributed by atoms with E-state index in [9.17, 15) is 9.59 Å². The van der Waals surface area contributed by atoms with Crippen LogP contribution in [0.1, 0.15) is 10.4 Å². The summed E-state index contributed by atoms with van der Waals surface area (Å²) in [6, 6.07) is 2.66. The Kier molecular flexibility index (Phi) is 4.43. The number of hydrogen-bond acceptors (Lipinski definition) is 4. The fourth-order valence-electron chi connectivity index (χ4n) is 1.91. The molecule has 0 radical (unpaired) electrons. The van der Waals surface area contributed by atoms with Crippen molar-refractivity contribution < 1.29 is 9.90 Å². The Labute approximate surface area is 109 Å². The number of thioether (sulfide) groups is 1. The van der Waals surface area contributed by atoms with Gasteiger partial charge in [-0.25, -0.2) is 4.79 Å². The molecule has 5 nitrogen and oxygen atoms in total. The topological polar surface area (TPSA) is 62.5 Å². The third kappa shape index (κ3) is 3.36. The normalized spacial score (nSPS) is 16.7. The van der Waals surface area contributed by atoms with Crippen LogP contribution in [0.4, 0.5) is 0 Å². The second-order valence-electron chi connectivity index (χ2n) is 4.21. The van der Waals surface area contributed by atoms with E-state index in [1.807, 2.05) is 11.8 Å². The van der Waals surface area contributed by atoms with Crippen molar-refractivity contribution >= 4 is 17.7 Å². The number of nitrogens with zero attached hydrogens (tertiary/aromatic N) is 2. The first kappa shape index (κ1) is 13.2. The molecule has 0 aromatic carbocycles. The highest BCUT2D eigenvalue weighted by atomic mass is 32.2. The predicted octanol–water partition coefficient (Wildman–Crippen LogP) is 0.595. The molecule has 0 atom stereocenters. The Morgan fingerprint density at radius 1 is 1.28 bits per heavy atom. The molecule has 1 aromatic heterocycles. The minimum absolute atomic E-state index is 0.147. The number of carbonyl (C=O) groups is 1. The minimum atomic E-state index is -1.00. The first-order valence-electron chi connectivity index (χ1n) is 5.91. The van der Waals surface area contributed by atoms with Gasteiger partial charge < -0.3 is 9.67 Å². The van der Waals surface area contributed by atoms with Gasteiger partial charge in [-0.05, 0) is 6.07 Å². The van der Waals surface area contributed by atoms with E-state index in [0.29, 0.717) is 6.54 Å². The summed E-state index contributed by atoms with van der Waals surface area (Å²) in [6.45, 7) is 3.42. The first-order chi connectivity index (χ1) is 8.66. The van der Waals surface area contributed by atoms with Crippen LogP contribution in [0.2, 0.25) is 0 Å². The van der Waals surface area contributed by atoms with Crippen molar-refractivity contribution in [2.45, 2.75) is 6.54 Å². The van der Waals surface area contributed by atoms with Gasteiger partial charge in [-0.3, -0.25) is 9.69 Å².